The van der Waals surface area contributed by atoms with E-state index in [9.17, 15) is 9.59 Å². The Labute approximate surface area is 118 Å². The van der Waals surface area contributed by atoms with E-state index in [0.29, 0.717) is 13.1 Å². The summed E-state index contributed by atoms with van der Waals surface area (Å²) in [6.45, 7) is 3.34. The standard InChI is InChI=1S/C15H19NO4/c1-11-7-16(8-13(11)15(18)19)9-14(17)20-10-12-5-3-2-4-6-12/h2-6,11,13H,7-10H2,1H3,(H,18,19)/t11-,13+/m1/s1. The van der Waals surface area contributed by atoms with Gasteiger partial charge in [-0.15, -0.1) is 0 Å². The maximum Gasteiger partial charge on any atom is 0.320 e. The Morgan fingerprint density at radius 2 is 2.00 bits per heavy atom. The van der Waals surface area contributed by atoms with Gasteiger partial charge >= 0.3 is 11.9 Å². The van der Waals surface area contributed by atoms with Crippen LogP contribution in [0.5, 0.6) is 0 Å². The number of carboxylic acids is 1. The molecule has 0 spiro atoms. The first-order valence-corrected chi connectivity index (χ1v) is 6.71. The number of likely N-dealkylation sites (tertiary alicyclic amines) is 1. The molecule has 1 aliphatic rings. The molecule has 1 fully saturated rings. The summed E-state index contributed by atoms with van der Waals surface area (Å²) in [5.74, 6) is -1.43. The van der Waals surface area contributed by atoms with Crippen LogP contribution >= 0.6 is 0 Å². The number of benzene rings is 1. The minimum atomic E-state index is -0.794. The number of hydrogen-bond acceptors (Lipinski definition) is 4. The number of rotatable bonds is 5. The van der Waals surface area contributed by atoms with Crippen molar-refractivity contribution in [2.75, 3.05) is 19.6 Å². The molecule has 2 rings (SSSR count). The largest absolute Gasteiger partial charge is 0.481 e. The number of nitrogens with zero attached hydrogens (tertiary/aromatic N) is 1. The van der Waals surface area contributed by atoms with Gasteiger partial charge in [0.25, 0.3) is 0 Å². The minimum Gasteiger partial charge on any atom is -0.481 e. The Morgan fingerprint density at radius 1 is 1.30 bits per heavy atom. The maximum absolute atomic E-state index is 11.7. The van der Waals surface area contributed by atoms with Gasteiger partial charge in [-0.05, 0) is 11.5 Å². The molecule has 5 nitrogen and oxygen atoms in total. The molecule has 5 heteroatoms. The average Bonchev–Trinajstić information content (AvgIpc) is 2.78. The lowest BCUT2D eigenvalue weighted by Crippen LogP contribution is -2.30. The van der Waals surface area contributed by atoms with E-state index in [-0.39, 0.29) is 25.0 Å². The first kappa shape index (κ1) is 14.5. The molecule has 1 aromatic carbocycles. The smallest absolute Gasteiger partial charge is 0.320 e. The van der Waals surface area contributed by atoms with Crippen molar-refractivity contribution in [3.05, 3.63) is 35.9 Å². The number of hydrogen-bond donors (Lipinski definition) is 1. The fourth-order valence-electron chi connectivity index (χ4n) is 2.48. The topological polar surface area (TPSA) is 66.8 Å². The van der Waals surface area contributed by atoms with Gasteiger partial charge in [-0.3, -0.25) is 14.5 Å². The molecule has 108 valence electrons. The SMILES string of the molecule is C[C@@H]1CN(CC(=O)OCc2ccccc2)C[C@@H]1C(=O)O. The fourth-order valence-corrected chi connectivity index (χ4v) is 2.48. The summed E-state index contributed by atoms with van der Waals surface area (Å²) >= 11 is 0. The molecular weight excluding hydrogens is 258 g/mol. The van der Waals surface area contributed by atoms with Crippen LogP contribution in [-0.4, -0.2) is 41.6 Å². The molecule has 1 aliphatic heterocycles. The Morgan fingerprint density at radius 3 is 2.60 bits per heavy atom. The summed E-state index contributed by atoms with van der Waals surface area (Å²) in [7, 11) is 0. The van der Waals surface area contributed by atoms with Crippen molar-refractivity contribution in [3.63, 3.8) is 0 Å². The van der Waals surface area contributed by atoms with Crippen LogP contribution in [0.25, 0.3) is 0 Å². The van der Waals surface area contributed by atoms with Gasteiger partial charge in [0.2, 0.25) is 0 Å². The summed E-state index contributed by atoms with van der Waals surface area (Å²) < 4.78 is 5.19. The number of esters is 1. The first-order valence-electron chi connectivity index (χ1n) is 6.71. The van der Waals surface area contributed by atoms with Crippen LogP contribution in [0.1, 0.15) is 12.5 Å². The fraction of sp³-hybridized carbons (Fsp3) is 0.467. The van der Waals surface area contributed by atoms with Crippen molar-refractivity contribution >= 4 is 11.9 Å². The van der Waals surface area contributed by atoms with Crippen molar-refractivity contribution < 1.29 is 19.4 Å². The van der Waals surface area contributed by atoms with E-state index >= 15 is 0 Å². The molecule has 1 saturated heterocycles. The lowest BCUT2D eigenvalue weighted by molar-refractivity contribution is -0.147. The molecule has 0 saturated carbocycles. The second kappa shape index (κ2) is 6.52. The van der Waals surface area contributed by atoms with E-state index in [2.05, 4.69) is 0 Å². The third-order valence-corrected chi connectivity index (χ3v) is 3.60. The third kappa shape index (κ3) is 3.81. The molecule has 1 aromatic rings. The highest BCUT2D eigenvalue weighted by molar-refractivity contribution is 5.73. The average molecular weight is 277 g/mol. The monoisotopic (exact) mass is 277 g/mol. The normalized spacial score (nSPS) is 22.6. The summed E-state index contributed by atoms with van der Waals surface area (Å²) in [6, 6.07) is 9.48. The second-order valence-corrected chi connectivity index (χ2v) is 5.26. The van der Waals surface area contributed by atoms with Crippen LogP contribution in [-0.2, 0) is 20.9 Å². The van der Waals surface area contributed by atoms with Crippen molar-refractivity contribution in [2.24, 2.45) is 11.8 Å². The second-order valence-electron chi connectivity index (χ2n) is 5.26. The molecule has 0 unspecified atom stereocenters. The van der Waals surface area contributed by atoms with E-state index in [0.717, 1.165) is 5.56 Å². The Bertz CT molecular complexity index is 474. The Hall–Kier alpha value is -1.88. The van der Waals surface area contributed by atoms with Gasteiger partial charge in [0.1, 0.15) is 6.61 Å². The molecule has 0 aliphatic carbocycles. The van der Waals surface area contributed by atoms with Gasteiger partial charge in [0, 0.05) is 13.1 Å². The molecule has 0 radical (unpaired) electrons. The highest BCUT2D eigenvalue weighted by atomic mass is 16.5. The molecule has 1 heterocycles. The predicted molar refractivity (Wildman–Crippen MR) is 73.0 cm³/mol. The van der Waals surface area contributed by atoms with E-state index < -0.39 is 11.9 Å². The van der Waals surface area contributed by atoms with Crippen molar-refractivity contribution in [2.45, 2.75) is 13.5 Å². The number of carbonyl (C=O) groups excluding carboxylic acids is 1. The summed E-state index contributed by atoms with van der Waals surface area (Å²) in [4.78, 5) is 24.6. The zero-order valence-electron chi connectivity index (χ0n) is 11.5. The van der Waals surface area contributed by atoms with Crippen molar-refractivity contribution in [1.29, 1.82) is 0 Å². The number of carbonyl (C=O) groups is 2. The Balaban J connectivity index is 1.77. The predicted octanol–water partition coefficient (Wildman–Crippen LogP) is 1.38. The molecule has 2 atom stereocenters. The zero-order valence-corrected chi connectivity index (χ0v) is 11.5. The van der Waals surface area contributed by atoms with Crippen molar-refractivity contribution in [1.82, 2.24) is 4.90 Å². The molecule has 0 aromatic heterocycles. The first-order chi connectivity index (χ1) is 9.56. The third-order valence-electron chi connectivity index (χ3n) is 3.60. The molecular formula is C15H19NO4. The van der Waals surface area contributed by atoms with Gasteiger partial charge in [-0.25, -0.2) is 0 Å². The van der Waals surface area contributed by atoms with E-state index in [1.165, 1.54) is 0 Å². The summed E-state index contributed by atoms with van der Waals surface area (Å²) in [5, 5.41) is 9.04. The van der Waals surface area contributed by atoms with E-state index in [1.54, 1.807) is 0 Å². The summed E-state index contributed by atoms with van der Waals surface area (Å²) in [5.41, 5.74) is 0.944. The van der Waals surface area contributed by atoms with Crippen LogP contribution in [0.4, 0.5) is 0 Å². The Kier molecular flexibility index (Phi) is 4.74. The number of aliphatic carboxylic acids is 1. The van der Waals surface area contributed by atoms with E-state index in [4.69, 9.17) is 9.84 Å². The lowest BCUT2D eigenvalue weighted by atomic mass is 9.99. The molecule has 0 amide bonds. The molecule has 0 bridgehead atoms. The van der Waals surface area contributed by atoms with Gasteiger partial charge in [-0.2, -0.15) is 0 Å². The highest BCUT2D eigenvalue weighted by Crippen LogP contribution is 2.22. The summed E-state index contributed by atoms with van der Waals surface area (Å²) in [6.07, 6.45) is 0. The van der Waals surface area contributed by atoms with Gasteiger partial charge in [0.05, 0.1) is 12.5 Å². The van der Waals surface area contributed by atoms with Crippen LogP contribution in [0, 0.1) is 11.8 Å². The number of ether oxygens (including phenoxy) is 1. The minimum absolute atomic E-state index is 0.0643. The lowest BCUT2D eigenvalue weighted by Gasteiger charge is -2.14. The van der Waals surface area contributed by atoms with Gasteiger partial charge < -0.3 is 9.84 Å². The van der Waals surface area contributed by atoms with Crippen molar-refractivity contribution in [3.8, 4) is 0 Å². The van der Waals surface area contributed by atoms with E-state index in [1.807, 2.05) is 42.2 Å². The van der Waals surface area contributed by atoms with Gasteiger partial charge in [-0.1, -0.05) is 37.3 Å². The molecule has 20 heavy (non-hydrogen) atoms. The van der Waals surface area contributed by atoms with Crippen LogP contribution in [0.3, 0.4) is 0 Å². The van der Waals surface area contributed by atoms with Gasteiger partial charge in [0.15, 0.2) is 0 Å². The van der Waals surface area contributed by atoms with Crippen LogP contribution in [0.2, 0.25) is 0 Å². The highest BCUT2D eigenvalue weighted by Gasteiger charge is 2.35. The number of carboxylic acid groups (broad SMARTS) is 1. The van der Waals surface area contributed by atoms with Crippen LogP contribution < -0.4 is 0 Å². The quantitative estimate of drug-likeness (QED) is 0.824. The molecule has 1 N–H and O–H groups in total. The zero-order chi connectivity index (χ0) is 14.5. The van der Waals surface area contributed by atoms with Crippen LogP contribution in [0.15, 0.2) is 30.3 Å². The maximum atomic E-state index is 11.7.